The lowest BCUT2D eigenvalue weighted by Gasteiger charge is -2.10. The van der Waals surface area contributed by atoms with Crippen molar-refractivity contribution in [2.24, 2.45) is 5.92 Å². The van der Waals surface area contributed by atoms with Crippen LogP contribution >= 0.6 is 0 Å². The summed E-state index contributed by atoms with van der Waals surface area (Å²) >= 11 is 0. The molecule has 0 unspecified atom stereocenters. The Kier molecular flexibility index (Phi) is 3.52. The molecule has 1 aromatic rings. The van der Waals surface area contributed by atoms with Gasteiger partial charge in [-0.25, -0.2) is 0 Å². The van der Waals surface area contributed by atoms with Gasteiger partial charge < -0.3 is 15.8 Å². The van der Waals surface area contributed by atoms with Crippen LogP contribution in [0.15, 0.2) is 18.2 Å². The van der Waals surface area contributed by atoms with Crippen molar-refractivity contribution in [3.8, 4) is 5.75 Å². The molecule has 0 saturated heterocycles. The van der Waals surface area contributed by atoms with E-state index in [9.17, 15) is 4.79 Å². The van der Waals surface area contributed by atoms with Crippen LogP contribution in [0.25, 0.3) is 0 Å². The Labute approximate surface area is 101 Å². The minimum atomic E-state index is -0.123. The smallest absolute Gasteiger partial charge is 0.253 e. The number of hydrogen-bond donors (Lipinski definition) is 2. The average Bonchev–Trinajstić information content (AvgIpc) is 3.13. The van der Waals surface area contributed by atoms with Gasteiger partial charge in [-0.05, 0) is 24.5 Å². The molecule has 0 aromatic heterocycles. The summed E-state index contributed by atoms with van der Waals surface area (Å²) in [6.07, 6.45) is 3.67. The first-order valence-electron chi connectivity index (χ1n) is 5.93. The molecule has 0 bridgehead atoms. The summed E-state index contributed by atoms with van der Waals surface area (Å²) in [7, 11) is 1.54. The fourth-order valence-electron chi connectivity index (χ4n) is 1.81. The van der Waals surface area contributed by atoms with E-state index < -0.39 is 0 Å². The molecule has 1 aromatic carbocycles. The number of benzene rings is 1. The second kappa shape index (κ2) is 5.08. The molecule has 4 nitrogen and oxygen atoms in total. The summed E-state index contributed by atoms with van der Waals surface area (Å²) in [6, 6.07) is 5.23. The standard InChI is InChI=1S/C13H18N2O2/c1-17-11-4-2-3-10(12(11)14)13(16)15-8-7-9-5-6-9/h2-4,9H,5-8,14H2,1H3,(H,15,16). The lowest BCUT2D eigenvalue weighted by molar-refractivity contribution is 0.0953. The molecule has 17 heavy (non-hydrogen) atoms. The van der Waals surface area contributed by atoms with Gasteiger partial charge >= 0.3 is 0 Å². The van der Waals surface area contributed by atoms with Gasteiger partial charge in [-0.3, -0.25) is 4.79 Å². The number of carbonyl (C=O) groups is 1. The monoisotopic (exact) mass is 234 g/mol. The van der Waals surface area contributed by atoms with Gasteiger partial charge in [-0.1, -0.05) is 18.9 Å². The zero-order valence-corrected chi connectivity index (χ0v) is 10.0. The number of carbonyl (C=O) groups excluding carboxylic acids is 1. The van der Waals surface area contributed by atoms with Gasteiger partial charge in [0.1, 0.15) is 5.75 Å². The van der Waals surface area contributed by atoms with Crippen molar-refractivity contribution in [2.45, 2.75) is 19.3 Å². The summed E-state index contributed by atoms with van der Waals surface area (Å²) in [5.74, 6) is 1.24. The van der Waals surface area contributed by atoms with Crippen molar-refractivity contribution < 1.29 is 9.53 Å². The van der Waals surface area contributed by atoms with Crippen molar-refractivity contribution in [1.29, 1.82) is 0 Å². The van der Waals surface area contributed by atoms with Crippen molar-refractivity contribution in [3.63, 3.8) is 0 Å². The maximum Gasteiger partial charge on any atom is 0.253 e. The molecule has 92 valence electrons. The van der Waals surface area contributed by atoms with Crippen LogP contribution in [0.4, 0.5) is 5.69 Å². The Balaban J connectivity index is 1.97. The zero-order valence-electron chi connectivity index (χ0n) is 10.0. The number of nitrogens with one attached hydrogen (secondary N) is 1. The average molecular weight is 234 g/mol. The number of ether oxygens (including phenoxy) is 1. The molecule has 1 saturated carbocycles. The number of methoxy groups -OCH3 is 1. The first-order chi connectivity index (χ1) is 8.22. The predicted molar refractivity (Wildman–Crippen MR) is 67.1 cm³/mol. The number of nitrogens with two attached hydrogens (primary N) is 1. The molecule has 0 spiro atoms. The van der Waals surface area contributed by atoms with Gasteiger partial charge in [0.25, 0.3) is 5.91 Å². The number of hydrogen-bond acceptors (Lipinski definition) is 3. The second-order valence-electron chi connectivity index (χ2n) is 4.41. The van der Waals surface area contributed by atoms with Crippen molar-refractivity contribution in [1.82, 2.24) is 5.32 Å². The molecule has 3 N–H and O–H groups in total. The third-order valence-electron chi connectivity index (χ3n) is 3.07. The minimum absolute atomic E-state index is 0.123. The summed E-state index contributed by atoms with van der Waals surface area (Å²) in [6.45, 7) is 0.722. The number of anilines is 1. The fraction of sp³-hybridized carbons (Fsp3) is 0.462. The van der Waals surface area contributed by atoms with Crippen LogP contribution < -0.4 is 15.8 Å². The van der Waals surface area contributed by atoms with E-state index >= 15 is 0 Å². The topological polar surface area (TPSA) is 64.3 Å². The van der Waals surface area contributed by atoms with Crippen LogP contribution in [0.2, 0.25) is 0 Å². The van der Waals surface area contributed by atoms with Crippen molar-refractivity contribution >= 4 is 11.6 Å². The zero-order chi connectivity index (χ0) is 12.3. The Morgan fingerprint density at radius 1 is 1.53 bits per heavy atom. The molecule has 0 heterocycles. The Morgan fingerprint density at radius 2 is 2.29 bits per heavy atom. The van der Waals surface area contributed by atoms with E-state index in [1.165, 1.54) is 12.8 Å². The maximum atomic E-state index is 11.9. The highest BCUT2D eigenvalue weighted by molar-refractivity contribution is 6.00. The van der Waals surface area contributed by atoms with Crippen LogP contribution in [0, 0.1) is 5.92 Å². The summed E-state index contributed by atoms with van der Waals surface area (Å²) in [4.78, 5) is 11.9. The molecule has 1 aliphatic rings. The van der Waals surface area contributed by atoms with E-state index in [-0.39, 0.29) is 5.91 Å². The summed E-state index contributed by atoms with van der Waals surface area (Å²) < 4.78 is 5.08. The highest BCUT2D eigenvalue weighted by atomic mass is 16.5. The lowest BCUT2D eigenvalue weighted by atomic mass is 10.1. The van der Waals surface area contributed by atoms with Gasteiger partial charge in [0.2, 0.25) is 0 Å². The summed E-state index contributed by atoms with van der Waals surface area (Å²) in [5, 5.41) is 2.89. The predicted octanol–water partition coefficient (Wildman–Crippen LogP) is 1.81. The van der Waals surface area contributed by atoms with Crippen LogP contribution in [-0.4, -0.2) is 19.6 Å². The quantitative estimate of drug-likeness (QED) is 0.764. The SMILES string of the molecule is COc1cccc(C(=O)NCCC2CC2)c1N. The van der Waals surface area contributed by atoms with Crippen LogP contribution in [0.1, 0.15) is 29.6 Å². The normalized spacial score (nSPS) is 14.4. The van der Waals surface area contributed by atoms with Crippen molar-refractivity contribution in [2.75, 3.05) is 19.4 Å². The number of nitrogen functional groups attached to an aromatic ring is 1. The minimum Gasteiger partial charge on any atom is -0.495 e. The van der Waals surface area contributed by atoms with E-state index in [1.807, 2.05) is 0 Å². The molecule has 4 heteroatoms. The van der Waals surface area contributed by atoms with Gasteiger partial charge in [-0.15, -0.1) is 0 Å². The maximum absolute atomic E-state index is 11.9. The molecule has 1 amide bonds. The second-order valence-corrected chi connectivity index (χ2v) is 4.41. The van der Waals surface area contributed by atoms with E-state index in [2.05, 4.69) is 5.32 Å². The molecule has 0 radical (unpaired) electrons. The third-order valence-corrected chi connectivity index (χ3v) is 3.07. The summed E-state index contributed by atoms with van der Waals surface area (Å²) in [5.41, 5.74) is 6.74. The van der Waals surface area contributed by atoms with E-state index in [1.54, 1.807) is 25.3 Å². The van der Waals surface area contributed by atoms with Gasteiger partial charge in [0, 0.05) is 6.54 Å². The molecule has 1 fully saturated rings. The third kappa shape index (κ3) is 2.90. The number of para-hydroxylation sites is 1. The number of amides is 1. The van der Waals surface area contributed by atoms with Crippen LogP contribution in [0.3, 0.4) is 0 Å². The highest BCUT2D eigenvalue weighted by Crippen LogP contribution is 2.31. The Morgan fingerprint density at radius 3 is 2.94 bits per heavy atom. The van der Waals surface area contributed by atoms with Gasteiger partial charge in [0.15, 0.2) is 0 Å². The largest absolute Gasteiger partial charge is 0.495 e. The Bertz CT molecular complexity index is 414. The first-order valence-corrected chi connectivity index (χ1v) is 5.93. The molecule has 0 aliphatic heterocycles. The van der Waals surface area contributed by atoms with Crippen LogP contribution in [0.5, 0.6) is 5.75 Å². The molecule has 0 atom stereocenters. The van der Waals surface area contributed by atoms with Gasteiger partial charge in [0.05, 0.1) is 18.4 Å². The number of rotatable bonds is 5. The molecule has 2 rings (SSSR count). The Hall–Kier alpha value is -1.71. The van der Waals surface area contributed by atoms with Crippen molar-refractivity contribution in [3.05, 3.63) is 23.8 Å². The molecule has 1 aliphatic carbocycles. The lowest BCUT2D eigenvalue weighted by Crippen LogP contribution is -2.25. The van der Waals surface area contributed by atoms with E-state index in [0.717, 1.165) is 18.9 Å². The van der Waals surface area contributed by atoms with E-state index in [4.69, 9.17) is 10.5 Å². The molecular formula is C13H18N2O2. The van der Waals surface area contributed by atoms with Crippen LogP contribution in [-0.2, 0) is 0 Å². The first kappa shape index (κ1) is 11.8. The van der Waals surface area contributed by atoms with Gasteiger partial charge in [-0.2, -0.15) is 0 Å². The molecular weight excluding hydrogens is 216 g/mol. The highest BCUT2D eigenvalue weighted by Gasteiger charge is 2.21. The fourth-order valence-corrected chi connectivity index (χ4v) is 1.81. The van der Waals surface area contributed by atoms with E-state index in [0.29, 0.717) is 17.0 Å².